The molecule has 29 heavy (non-hydrogen) atoms. The molecule has 2 rings (SSSR count). The summed E-state index contributed by atoms with van der Waals surface area (Å²) in [5.74, 6) is -2.48. The molecule has 0 bridgehead atoms. The molecule has 1 aromatic heterocycles. The number of carbonyl (C=O) groups excluding carboxylic acids is 2. The number of carbonyl (C=O) groups is 2. The SMILES string of the molecule is CCCn1nc(C(=O)Nc2cccc(CN(CC)C(=O)C(F)(F)F)c2)ccc1=O. The highest BCUT2D eigenvalue weighted by Gasteiger charge is 2.41. The molecule has 0 aliphatic carbocycles. The third-order valence-electron chi connectivity index (χ3n) is 4.00. The van der Waals surface area contributed by atoms with Gasteiger partial charge in [-0.3, -0.25) is 14.4 Å². The van der Waals surface area contributed by atoms with E-state index in [9.17, 15) is 27.6 Å². The minimum atomic E-state index is -4.95. The molecule has 1 N–H and O–H groups in total. The summed E-state index contributed by atoms with van der Waals surface area (Å²) in [6.07, 6.45) is -4.28. The number of hydrogen-bond donors (Lipinski definition) is 1. The number of anilines is 1. The third kappa shape index (κ3) is 5.90. The van der Waals surface area contributed by atoms with Crippen LogP contribution in [0.1, 0.15) is 36.3 Å². The Morgan fingerprint density at radius 1 is 1.17 bits per heavy atom. The van der Waals surface area contributed by atoms with Crippen LogP contribution in [0.25, 0.3) is 0 Å². The Hall–Kier alpha value is -3.17. The van der Waals surface area contributed by atoms with Crippen molar-refractivity contribution in [3.05, 3.63) is 58.0 Å². The first-order valence-electron chi connectivity index (χ1n) is 9.00. The van der Waals surface area contributed by atoms with Crippen molar-refractivity contribution in [2.24, 2.45) is 0 Å². The lowest BCUT2D eigenvalue weighted by Crippen LogP contribution is -2.40. The van der Waals surface area contributed by atoms with Gasteiger partial charge < -0.3 is 10.2 Å². The first kappa shape index (κ1) is 22.1. The fourth-order valence-electron chi connectivity index (χ4n) is 2.61. The second-order valence-corrected chi connectivity index (χ2v) is 6.25. The number of nitrogens with one attached hydrogen (secondary N) is 1. The smallest absolute Gasteiger partial charge is 0.331 e. The summed E-state index contributed by atoms with van der Waals surface area (Å²) in [5, 5.41) is 6.60. The fraction of sp³-hybridized carbons (Fsp3) is 0.368. The Balaban J connectivity index is 2.15. The minimum absolute atomic E-state index is 0.0332. The molecular formula is C19H21F3N4O3. The van der Waals surface area contributed by atoms with Crippen molar-refractivity contribution in [1.82, 2.24) is 14.7 Å². The number of nitrogens with zero attached hydrogens (tertiary/aromatic N) is 3. The molecular weight excluding hydrogens is 389 g/mol. The Kier molecular flexibility index (Phi) is 7.13. The Labute approximate surface area is 165 Å². The molecule has 1 heterocycles. The summed E-state index contributed by atoms with van der Waals surface area (Å²) in [7, 11) is 0. The molecule has 1 aromatic carbocycles. The summed E-state index contributed by atoms with van der Waals surface area (Å²) in [5.41, 5.74) is 0.467. The van der Waals surface area contributed by atoms with Gasteiger partial charge in [0.1, 0.15) is 5.69 Å². The maximum absolute atomic E-state index is 12.7. The topological polar surface area (TPSA) is 84.3 Å². The largest absolute Gasteiger partial charge is 0.471 e. The van der Waals surface area contributed by atoms with Gasteiger partial charge in [0.05, 0.1) is 0 Å². The van der Waals surface area contributed by atoms with E-state index in [-0.39, 0.29) is 24.3 Å². The Morgan fingerprint density at radius 3 is 2.52 bits per heavy atom. The molecule has 0 atom stereocenters. The van der Waals surface area contributed by atoms with Gasteiger partial charge in [-0.25, -0.2) is 4.68 Å². The van der Waals surface area contributed by atoms with E-state index in [1.54, 1.807) is 18.2 Å². The highest BCUT2D eigenvalue weighted by atomic mass is 19.4. The monoisotopic (exact) mass is 410 g/mol. The van der Waals surface area contributed by atoms with Crippen LogP contribution in [0.5, 0.6) is 0 Å². The van der Waals surface area contributed by atoms with Crippen LogP contribution >= 0.6 is 0 Å². The number of aryl methyl sites for hydroxylation is 1. The standard InChI is InChI=1S/C19H21F3N4O3/c1-3-10-26-16(27)9-8-15(24-26)17(28)23-14-7-5-6-13(11-14)12-25(4-2)18(29)19(20,21)22/h5-9,11H,3-4,10,12H2,1-2H3,(H,23,28). The van der Waals surface area contributed by atoms with Crippen molar-refractivity contribution in [3.8, 4) is 0 Å². The van der Waals surface area contributed by atoms with Crippen molar-refractivity contribution < 1.29 is 22.8 Å². The van der Waals surface area contributed by atoms with Gasteiger partial charge in [-0.15, -0.1) is 0 Å². The number of halogens is 3. The van der Waals surface area contributed by atoms with E-state index in [1.807, 2.05) is 6.92 Å². The van der Waals surface area contributed by atoms with E-state index >= 15 is 0 Å². The molecule has 2 aromatic rings. The number of aromatic nitrogens is 2. The summed E-state index contributed by atoms with van der Waals surface area (Å²) in [4.78, 5) is 36.2. The van der Waals surface area contributed by atoms with Crippen LogP contribution in [-0.2, 0) is 17.9 Å². The van der Waals surface area contributed by atoms with E-state index in [0.29, 0.717) is 29.1 Å². The fourth-order valence-corrected chi connectivity index (χ4v) is 2.61. The van der Waals surface area contributed by atoms with Crippen LogP contribution in [0, 0.1) is 0 Å². The molecule has 0 unspecified atom stereocenters. The van der Waals surface area contributed by atoms with Crippen molar-refractivity contribution in [2.45, 2.75) is 39.5 Å². The van der Waals surface area contributed by atoms with Gasteiger partial charge in [-0.1, -0.05) is 19.1 Å². The van der Waals surface area contributed by atoms with Gasteiger partial charge in [0, 0.05) is 31.4 Å². The molecule has 0 saturated heterocycles. The third-order valence-corrected chi connectivity index (χ3v) is 4.00. The van der Waals surface area contributed by atoms with E-state index in [1.165, 1.54) is 29.8 Å². The highest BCUT2D eigenvalue weighted by molar-refractivity contribution is 6.02. The van der Waals surface area contributed by atoms with Gasteiger partial charge in [-0.2, -0.15) is 18.3 Å². The summed E-state index contributed by atoms with van der Waals surface area (Å²) in [6.45, 7) is 3.33. The first-order chi connectivity index (χ1) is 13.7. The van der Waals surface area contributed by atoms with Crippen LogP contribution in [0.4, 0.5) is 18.9 Å². The van der Waals surface area contributed by atoms with Gasteiger partial charge in [0.15, 0.2) is 0 Å². The van der Waals surface area contributed by atoms with E-state index in [4.69, 9.17) is 0 Å². The van der Waals surface area contributed by atoms with Crippen molar-refractivity contribution in [1.29, 1.82) is 0 Å². The molecule has 0 fully saturated rings. The zero-order valence-corrected chi connectivity index (χ0v) is 16.0. The lowest BCUT2D eigenvalue weighted by molar-refractivity contribution is -0.185. The average Bonchev–Trinajstić information content (AvgIpc) is 2.67. The molecule has 7 nitrogen and oxygen atoms in total. The second-order valence-electron chi connectivity index (χ2n) is 6.25. The molecule has 0 radical (unpaired) electrons. The van der Waals surface area contributed by atoms with Gasteiger partial charge >= 0.3 is 12.1 Å². The van der Waals surface area contributed by atoms with Crippen LogP contribution in [0.3, 0.4) is 0 Å². The molecule has 0 aliphatic heterocycles. The average molecular weight is 410 g/mol. The molecule has 2 amide bonds. The van der Waals surface area contributed by atoms with Gasteiger partial charge in [0.25, 0.3) is 11.5 Å². The normalized spacial score (nSPS) is 11.2. The highest BCUT2D eigenvalue weighted by Crippen LogP contribution is 2.21. The predicted octanol–water partition coefficient (Wildman–Crippen LogP) is 2.82. The van der Waals surface area contributed by atoms with E-state index in [2.05, 4.69) is 10.4 Å². The van der Waals surface area contributed by atoms with Gasteiger partial charge in [-0.05, 0) is 37.1 Å². The number of benzene rings is 1. The van der Waals surface area contributed by atoms with Crippen LogP contribution in [0.15, 0.2) is 41.2 Å². The predicted molar refractivity (Wildman–Crippen MR) is 100 cm³/mol. The maximum Gasteiger partial charge on any atom is 0.471 e. The number of amides is 2. The zero-order valence-electron chi connectivity index (χ0n) is 16.0. The lowest BCUT2D eigenvalue weighted by Gasteiger charge is -2.22. The number of hydrogen-bond acceptors (Lipinski definition) is 4. The summed E-state index contributed by atoms with van der Waals surface area (Å²) < 4.78 is 39.2. The Bertz CT molecular complexity index is 941. The number of alkyl halides is 3. The Morgan fingerprint density at radius 2 is 1.90 bits per heavy atom. The lowest BCUT2D eigenvalue weighted by atomic mass is 10.1. The zero-order chi connectivity index (χ0) is 21.6. The molecule has 0 spiro atoms. The van der Waals surface area contributed by atoms with Crippen LogP contribution < -0.4 is 10.9 Å². The second kappa shape index (κ2) is 9.35. The van der Waals surface area contributed by atoms with Crippen molar-refractivity contribution in [2.75, 3.05) is 11.9 Å². The van der Waals surface area contributed by atoms with Crippen LogP contribution in [-0.4, -0.2) is 39.2 Å². The molecule has 156 valence electrons. The first-order valence-corrected chi connectivity index (χ1v) is 9.00. The van der Waals surface area contributed by atoms with Crippen LogP contribution in [0.2, 0.25) is 0 Å². The minimum Gasteiger partial charge on any atom is -0.331 e. The molecule has 0 aliphatic rings. The van der Waals surface area contributed by atoms with Crippen molar-refractivity contribution in [3.63, 3.8) is 0 Å². The molecule has 10 heteroatoms. The number of rotatable bonds is 7. The van der Waals surface area contributed by atoms with E-state index in [0.717, 1.165) is 0 Å². The van der Waals surface area contributed by atoms with Crippen molar-refractivity contribution >= 4 is 17.5 Å². The summed E-state index contributed by atoms with van der Waals surface area (Å²) >= 11 is 0. The quantitative estimate of drug-likeness (QED) is 0.761. The van der Waals surface area contributed by atoms with E-state index < -0.39 is 18.0 Å². The summed E-state index contributed by atoms with van der Waals surface area (Å²) in [6, 6.07) is 8.70. The molecule has 0 saturated carbocycles. The maximum atomic E-state index is 12.7. The van der Waals surface area contributed by atoms with Gasteiger partial charge in [0.2, 0.25) is 0 Å².